The lowest BCUT2D eigenvalue weighted by atomic mass is 10.1. The minimum absolute atomic E-state index is 0.0612. The lowest BCUT2D eigenvalue weighted by Crippen LogP contribution is -2.42. The van der Waals surface area contributed by atoms with E-state index < -0.39 is 0 Å². The Balaban J connectivity index is 1.61. The number of pyridine rings is 2. The monoisotopic (exact) mass is 335 g/mol. The first-order valence-electron chi connectivity index (χ1n) is 8.11. The van der Waals surface area contributed by atoms with Crippen LogP contribution in [0.5, 0.6) is 5.75 Å². The number of hydrogen-bond acceptors (Lipinski definition) is 5. The van der Waals surface area contributed by atoms with Crippen LogP contribution in [-0.2, 0) is 4.74 Å². The average molecular weight is 335 g/mol. The molecule has 2 aromatic heterocycles. The van der Waals surface area contributed by atoms with Crippen LogP contribution >= 0.6 is 0 Å². The lowest BCUT2D eigenvalue weighted by molar-refractivity contribution is -0.0228. The summed E-state index contributed by atoms with van der Waals surface area (Å²) in [7, 11) is 0. The molecule has 1 atom stereocenters. The van der Waals surface area contributed by atoms with E-state index in [2.05, 4.69) is 9.97 Å². The Morgan fingerprint density at radius 2 is 2.16 bits per heavy atom. The van der Waals surface area contributed by atoms with Gasteiger partial charge in [0.05, 0.1) is 24.2 Å². The summed E-state index contributed by atoms with van der Waals surface area (Å²) in [4.78, 5) is 23.2. The fourth-order valence-corrected chi connectivity index (χ4v) is 3.11. The molecule has 1 unspecified atom stereocenters. The molecule has 6 nitrogen and oxygen atoms in total. The van der Waals surface area contributed by atoms with Crippen LogP contribution in [0.1, 0.15) is 22.0 Å². The highest BCUT2D eigenvalue weighted by Gasteiger charge is 2.27. The van der Waals surface area contributed by atoms with Gasteiger partial charge in [-0.25, -0.2) is 0 Å². The molecule has 0 saturated carbocycles. The third kappa shape index (κ3) is 3.04. The topological polar surface area (TPSA) is 75.6 Å². The maximum atomic E-state index is 13.0. The number of hydrogen-bond donors (Lipinski definition) is 1. The number of carbonyl (C=O) groups excluding carboxylic acids is 1. The number of fused-ring (bicyclic) bond motifs is 1. The van der Waals surface area contributed by atoms with Gasteiger partial charge in [-0.15, -0.1) is 0 Å². The van der Waals surface area contributed by atoms with Crippen molar-refractivity contribution < 1.29 is 14.6 Å². The van der Waals surface area contributed by atoms with Gasteiger partial charge in [-0.05, 0) is 29.8 Å². The highest BCUT2D eigenvalue weighted by molar-refractivity contribution is 6.05. The fourth-order valence-electron chi connectivity index (χ4n) is 3.11. The molecular formula is C19H17N3O3. The zero-order valence-corrected chi connectivity index (χ0v) is 13.5. The number of aromatic nitrogens is 2. The Bertz CT molecular complexity index is 923. The van der Waals surface area contributed by atoms with E-state index in [9.17, 15) is 9.90 Å². The molecule has 126 valence electrons. The maximum absolute atomic E-state index is 13.0. The van der Waals surface area contributed by atoms with Gasteiger partial charge in [0, 0.05) is 30.5 Å². The number of phenolic OH excluding ortho intramolecular Hbond substituents is 1. The number of benzene rings is 1. The molecule has 1 aromatic carbocycles. The highest BCUT2D eigenvalue weighted by atomic mass is 16.5. The zero-order chi connectivity index (χ0) is 17.2. The highest BCUT2D eigenvalue weighted by Crippen LogP contribution is 2.26. The van der Waals surface area contributed by atoms with E-state index in [4.69, 9.17) is 4.74 Å². The van der Waals surface area contributed by atoms with Crippen LogP contribution in [0, 0.1) is 0 Å². The number of nitrogens with zero attached hydrogens (tertiary/aromatic N) is 3. The summed E-state index contributed by atoms with van der Waals surface area (Å²) < 4.78 is 5.79. The first-order valence-corrected chi connectivity index (χ1v) is 8.11. The van der Waals surface area contributed by atoms with Crippen molar-refractivity contribution >= 4 is 16.8 Å². The molecule has 1 amide bonds. The van der Waals surface area contributed by atoms with Gasteiger partial charge in [-0.3, -0.25) is 14.8 Å². The minimum atomic E-state index is -0.254. The van der Waals surface area contributed by atoms with E-state index in [0.717, 1.165) is 16.5 Å². The minimum Gasteiger partial charge on any atom is -0.508 e. The number of rotatable bonds is 2. The molecule has 1 saturated heterocycles. The molecule has 25 heavy (non-hydrogen) atoms. The van der Waals surface area contributed by atoms with Crippen molar-refractivity contribution in [2.75, 3.05) is 19.7 Å². The zero-order valence-electron chi connectivity index (χ0n) is 13.5. The van der Waals surface area contributed by atoms with E-state index in [1.165, 1.54) is 0 Å². The second-order valence-corrected chi connectivity index (χ2v) is 5.96. The van der Waals surface area contributed by atoms with E-state index in [-0.39, 0.29) is 17.8 Å². The van der Waals surface area contributed by atoms with Crippen LogP contribution in [0.2, 0.25) is 0 Å². The van der Waals surface area contributed by atoms with Crippen LogP contribution in [0.4, 0.5) is 0 Å². The smallest absolute Gasteiger partial charge is 0.254 e. The van der Waals surface area contributed by atoms with Gasteiger partial charge in [0.2, 0.25) is 0 Å². The third-order valence-electron chi connectivity index (χ3n) is 4.37. The molecule has 4 rings (SSSR count). The molecule has 3 aromatic rings. The summed E-state index contributed by atoms with van der Waals surface area (Å²) in [5, 5.41) is 10.4. The van der Waals surface area contributed by atoms with Crippen molar-refractivity contribution in [3.63, 3.8) is 0 Å². The predicted molar refractivity (Wildman–Crippen MR) is 92.2 cm³/mol. The molecule has 0 aliphatic carbocycles. The molecule has 0 radical (unpaired) electrons. The Morgan fingerprint density at radius 1 is 1.24 bits per heavy atom. The Morgan fingerprint density at radius 3 is 3.04 bits per heavy atom. The van der Waals surface area contributed by atoms with Gasteiger partial charge in [0.1, 0.15) is 11.9 Å². The molecular weight excluding hydrogens is 318 g/mol. The van der Waals surface area contributed by atoms with Crippen LogP contribution in [0.15, 0.2) is 55.0 Å². The summed E-state index contributed by atoms with van der Waals surface area (Å²) in [5.41, 5.74) is 2.20. The van der Waals surface area contributed by atoms with Crippen molar-refractivity contribution in [3.8, 4) is 5.75 Å². The van der Waals surface area contributed by atoms with E-state index >= 15 is 0 Å². The largest absolute Gasteiger partial charge is 0.508 e. The second kappa shape index (κ2) is 6.49. The predicted octanol–water partition coefficient (Wildman–Crippen LogP) is 2.55. The standard InChI is InChI=1S/C19H17N3O3/c23-14-3-1-2-13(10-14)18-12-22(8-9-25-18)19(24)15-4-7-21-17-5-6-20-11-16(15)17/h1-7,10-11,18,23H,8-9,12H2. The van der Waals surface area contributed by atoms with E-state index in [1.54, 1.807) is 53.8 Å². The average Bonchev–Trinajstić information content (AvgIpc) is 2.67. The molecule has 1 aliphatic rings. The summed E-state index contributed by atoms with van der Waals surface area (Å²) in [6.07, 6.45) is 4.72. The van der Waals surface area contributed by atoms with E-state index in [0.29, 0.717) is 25.3 Å². The van der Waals surface area contributed by atoms with E-state index in [1.807, 2.05) is 6.07 Å². The normalized spacial score (nSPS) is 17.6. The molecule has 3 heterocycles. The van der Waals surface area contributed by atoms with Gasteiger partial charge in [-0.1, -0.05) is 12.1 Å². The van der Waals surface area contributed by atoms with Gasteiger partial charge in [0.15, 0.2) is 0 Å². The van der Waals surface area contributed by atoms with Crippen molar-refractivity contribution in [1.29, 1.82) is 0 Å². The first-order chi connectivity index (χ1) is 12.2. The molecule has 1 fully saturated rings. The van der Waals surface area contributed by atoms with Crippen molar-refractivity contribution in [2.45, 2.75) is 6.10 Å². The lowest BCUT2D eigenvalue weighted by Gasteiger charge is -2.33. The van der Waals surface area contributed by atoms with Crippen molar-refractivity contribution in [3.05, 3.63) is 66.1 Å². The maximum Gasteiger partial charge on any atom is 0.254 e. The molecule has 6 heteroatoms. The number of phenols is 1. The SMILES string of the molecule is O=C(c1ccnc2ccncc12)N1CCOC(c2cccc(O)c2)C1. The summed E-state index contributed by atoms with van der Waals surface area (Å²) in [6, 6.07) is 10.5. The molecule has 1 N–H and O–H groups in total. The first kappa shape index (κ1) is 15.5. The summed E-state index contributed by atoms with van der Waals surface area (Å²) >= 11 is 0. The van der Waals surface area contributed by atoms with Crippen LogP contribution in [0.3, 0.4) is 0 Å². The fraction of sp³-hybridized carbons (Fsp3) is 0.211. The number of carbonyl (C=O) groups is 1. The van der Waals surface area contributed by atoms with Gasteiger partial charge < -0.3 is 14.7 Å². The van der Waals surface area contributed by atoms with Crippen molar-refractivity contribution in [2.24, 2.45) is 0 Å². The van der Waals surface area contributed by atoms with Gasteiger partial charge >= 0.3 is 0 Å². The van der Waals surface area contributed by atoms with Crippen LogP contribution in [-0.4, -0.2) is 45.6 Å². The number of morpholine rings is 1. The Hall–Kier alpha value is -2.99. The van der Waals surface area contributed by atoms with Crippen molar-refractivity contribution in [1.82, 2.24) is 14.9 Å². The third-order valence-corrected chi connectivity index (χ3v) is 4.37. The summed E-state index contributed by atoms with van der Waals surface area (Å²) in [6.45, 7) is 1.41. The number of aromatic hydroxyl groups is 1. The van der Waals surface area contributed by atoms with Crippen LogP contribution in [0.25, 0.3) is 10.9 Å². The molecule has 0 spiro atoms. The quantitative estimate of drug-likeness (QED) is 0.779. The summed E-state index contributed by atoms with van der Waals surface area (Å²) in [5.74, 6) is 0.129. The van der Waals surface area contributed by atoms with Crippen LogP contribution < -0.4 is 0 Å². The Kier molecular flexibility index (Phi) is 4.03. The number of ether oxygens (including phenoxy) is 1. The molecule has 1 aliphatic heterocycles. The Labute approximate surface area is 144 Å². The number of amides is 1. The second-order valence-electron chi connectivity index (χ2n) is 5.96. The van der Waals surface area contributed by atoms with Gasteiger partial charge in [0.25, 0.3) is 5.91 Å². The molecule has 0 bridgehead atoms. The van der Waals surface area contributed by atoms with Gasteiger partial charge in [-0.2, -0.15) is 0 Å².